The standard InChI is InChI=1S/C23H24N4O3S/c1-2-29-19-7-4-3-6-17(19)27-11-9-26(10-12-27)14-20-24-22(28)21-16(15-31-23(21)25-20)18-8-5-13-30-18/h3-8,13,15H,2,9-12,14H2,1H3,(H,24,25,28). The number of para-hydroxylation sites is 2. The van der Waals surface area contributed by atoms with E-state index in [-0.39, 0.29) is 5.56 Å². The Hall–Kier alpha value is -3.10. The highest BCUT2D eigenvalue weighted by atomic mass is 32.1. The number of hydrogen-bond donors (Lipinski definition) is 1. The van der Waals surface area contributed by atoms with Gasteiger partial charge in [0.2, 0.25) is 0 Å². The smallest absolute Gasteiger partial charge is 0.260 e. The molecule has 5 rings (SSSR count). The topological polar surface area (TPSA) is 74.6 Å². The van der Waals surface area contributed by atoms with Crippen molar-refractivity contribution in [1.29, 1.82) is 0 Å². The Morgan fingerprint density at radius 1 is 1.16 bits per heavy atom. The van der Waals surface area contributed by atoms with Gasteiger partial charge in [-0.3, -0.25) is 9.69 Å². The fourth-order valence-corrected chi connectivity index (χ4v) is 4.98. The van der Waals surface area contributed by atoms with Gasteiger partial charge in [0.05, 0.1) is 30.5 Å². The second-order valence-electron chi connectivity index (χ2n) is 7.48. The highest BCUT2D eigenvalue weighted by Crippen LogP contribution is 2.31. The average molecular weight is 437 g/mol. The maximum Gasteiger partial charge on any atom is 0.260 e. The van der Waals surface area contributed by atoms with Crippen LogP contribution in [0.2, 0.25) is 0 Å². The van der Waals surface area contributed by atoms with Crippen LogP contribution in [0, 0.1) is 0 Å². The summed E-state index contributed by atoms with van der Waals surface area (Å²) in [5, 5.41) is 2.53. The van der Waals surface area contributed by atoms with E-state index >= 15 is 0 Å². The van der Waals surface area contributed by atoms with Gasteiger partial charge >= 0.3 is 0 Å². The van der Waals surface area contributed by atoms with Crippen molar-refractivity contribution in [2.75, 3.05) is 37.7 Å². The fraction of sp³-hybridized carbons (Fsp3) is 0.304. The molecule has 0 spiro atoms. The van der Waals surface area contributed by atoms with Crippen LogP contribution in [0.15, 0.2) is 57.3 Å². The van der Waals surface area contributed by atoms with Gasteiger partial charge in [0, 0.05) is 37.1 Å². The number of piperazine rings is 1. The summed E-state index contributed by atoms with van der Waals surface area (Å²) in [4.78, 5) is 25.9. The van der Waals surface area contributed by atoms with E-state index in [1.807, 2.05) is 42.6 Å². The first-order chi connectivity index (χ1) is 15.2. The quantitative estimate of drug-likeness (QED) is 0.493. The predicted molar refractivity (Wildman–Crippen MR) is 123 cm³/mol. The highest BCUT2D eigenvalue weighted by Gasteiger charge is 2.21. The Bertz CT molecular complexity index is 1220. The number of H-pyrrole nitrogens is 1. The molecule has 0 amide bonds. The first-order valence-electron chi connectivity index (χ1n) is 10.5. The molecule has 0 unspecified atom stereocenters. The number of aromatic nitrogens is 2. The van der Waals surface area contributed by atoms with Gasteiger partial charge in [0.15, 0.2) is 0 Å². The number of benzene rings is 1. The van der Waals surface area contributed by atoms with Crippen molar-refractivity contribution >= 4 is 27.2 Å². The molecule has 0 saturated carbocycles. The molecule has 1 aromatic carbocycles. The van der Waals surface area contributed by atoms with Crippen LogP contribution in [-0.2, 0) is 6.54 Å². The molecule has 0 atom stereocenters. The largest absolute Gasteiger partial charge is 0.492 e. The van der Waals surface area contributed by atoms with E-state index in [0.717, 1.165) is 48.0 Å². The number of hydrogen-bond acceptors (Lipinski definition) is 7. The number of furan rings is 1. The van der Waals surface area contributed by atoms with Gasteiger partial charge in [0.25, 0.3) is 5.56 Å². The number of anilines is 1. The van der Waals surface area contributed by atoms with Gasteiger partial charge in [-0.25, -0.2) is 4.98 Å². The maximum absolute atomic E-state index is 12.8. The van der Waals surface area contributed by atoms with Crippen LogP contribution in [0.1, 0.15) is 12.7 Å². The van der Waals surface area contributed by atoms with Gasteiger partial charge < -0.3 is 19.0 Å². The monoisotopic (exact) mass is 436 g/mol. The van der Waals surface area contributed by atoms with E-state index in [2.05, 4.69) is 20.9 Å². The third-order valence-electron chi connectivity index (χ3n) is 5.53. The Morgan fingerprint density at radius 2 is 2.00 bits per heavy atom. The lowest BCUT2D eigenvalue weighted by Gasteiger charge is -2.36. The van der Waals surface area contributed by atoms with Crippen molar-refractivity contribution in [3.8, 4) is 17.1 Å². The van der Waals surface area contributed by atoms with Crippen LogP contribution in [0.3, 0.4) is 0 Å². The zero-order valence-electron chi connectivity index (χ0n) is 17.3. The summed E-state index contributed by atoms with van der Waals surface area (Å²) >= 11 is 1.47. The van der Waals surface area contributed by atoms with Crippen LogP contribution in [0.25, 0.3) is 21.5 Å². The molecule has 8 heteroatoms. The van der Waals surface area contributed by atoms with Gasteiger partial charge in [-0.2, -0.15) is 0 Å². The lowest BCUT2D eigenvalue weighted by Crippen LogP contribution is -2.46. The second kappa shape index (κ2) is 8.56. The minimum atomic E-state index is -0.114. The van der Waals surface area contributed by atoms with Crippen molar-refractivity contribution < 1.29 is 9.15 Å². The Balaban J connectivity index is 1.29. The molecule has 1 saturated heterocycles. The maximum atomic E-state index is 12.8. The Kier molecular flexibility index (Phi) is 5.48. The van der Waals surface area contributed by atoms with E-state index in [1.165, 1.54) is 11.3 Å². The zero-order valence-corrected chi connectivity index (χ0v) is 18.2. The molecule has 3 aromatic heterocycles. The predicted octanol–water partition coefficient (Wildman–Crippen LogP) is 3.97. The van der Waals surface area contributed by atoms with E-state index < -0.39 is 0 Å². The number of thiophene rings is 1. The molecule has 1 fully saturated rings. The van der Waals surface area contributed by atoms with Crippen LogP contribution in [0.4, 0.5) is 5.69 Å². The SMILES string of the molecule is CCOc1ccccc1N1CCN(Cc2nc3scc(-c4ccco4)c3c(=O)[nH]2)CC1. The molecule has 0 radical (unpaired) electrons. The highest BCUT2D eigenvalue weighted by molar-refractivity contribution is 7.17. The zero-order chi connectivity index (χ0) is 21.2. The third kappa shape index (κ3) is 3.96. The summed E-state index contributed by atoms with van der Waals surface area (Å²) in [7, 11) is 0. The van der Waals surface area contributed by atoms with E-state index in [0.29, 0.717) is 30.1 Å². The van der Waals surface area contributed by atoms with Crippen molar-refractivity contribution in [3.05, 3.63) is 64.2 Å². The molecular formula is C23H24N4O3S. The second-order valence-corrected chi connectivity index (χ2v) is 8.34. The summed E-state index contributed by atoms with van der Waals surface area (Å²) in [5.41, 5.74) is 1.82. The van der Waals surface area contributed by atoms with Crippen molar-refractivity contribution in [1.82, 2.24) is 14.9 Å². The van der Waals surface area contributed by atoms with Gasteiger partial charge in [-0.15, -0.1) is 11.3 Å². The number of aromatic amines is 1. The average Bonchev–Trinajstić information content (AvgIpc) is 3.45. The molecule has 7 nitrogen and oxygen atoms in total. The van der Waals surface area contributed by atoms with Crippen molar-refractivity contribution in [2.45, 2.75) is 13.5 Å². The van der Waals surface area contributed by atoms with Gasteiger partial charge in [0.1, 0.15) is 22.2 Å². The minimum Gasteiger partial charge on any atom is -0.492 e. The molecule has 1 N–H and O–H groups in total. The molecule has 1 aliphatic heterocycles. The normalized spacial score (nSPS) is 14.9. The van der Waals surface area contributed by atoms with Crippen LogP contribution >= 0.6 is 11.3 Å². The number of nitrogens with one attached hydrogen (secondary N) is 1. The minimum absolute atomic E-state index is 0.114. The lowest BCUT2D eigenvalue weighted by atomic mass is 10.2. The molecule has 0 aliphatic carbocycles. The summed E-state index contributed by atoms with van der Waals surface area (Å²) in [6.07, 6.45) is 1.61. The molecule has 31 heavy (non-hydrogen) atoms. The lowest BCUT2D eigenvalue weighted by molar-refractivity contribution is 0.243. The van der Waals surface area contributed by atoms with Crippen LogP contribution in [0.5, 0.6) is 5.75 Å². The summed E-state index contributed by atoms with van der Waals surface area (Å²) in [6, 6.07) is 11.9. The van der Waals surface area contributed by atoms with E-state index in [9.17, 15) is 4.79 Å². The first-order valence-corrected chi connectivity index (χ1v) is 11.3. The van der Waals surface area contributed by atoms with E-state index in [1.54, 1.807) is 6.26 Å². The summed E-state index contributed by atoms with van der Waals surface area (Å²) in [6.45, 7) is 6.87. The summed E-state index contributed by atoms with van der Waals surface area (Å²) < 4.78 is 11.3. The van der Waals surface area contributed by atoms with Crippen molar-refractivity contribution in [2.24, 2.45) is 0 Å². The van der Waals surface area contributed by atoms with Gasteiger partial charge in [-0.1, -0.05) is 12.1 Å². The van der Waals surface area contributed by atoms with Crippen molar-refractivity contribution in [3.63, 3.8) is 0 Å². The molecule has 4 heterocycles. The number of ether oxygens (including phenoxy) is 1. The fourth-order valence-electron chi connectivity index (χ4n) is 4.04. The number of fused-ring (bicyclic) bond motifs is 1. The van der Waals surface area contributed by atoms with Gasteiger partial charge in [-0.05, 0) is 31.2 Å². The third-order valence-corrected chi connectivity index (χ3v) is 6.40. The first kappa shape index (κ1) is 19.8. The molecule has 160 valence electrons. The molecule has 1 aliphatic rings. The van der Waals surface area contributed by atoms with E-state index in [4.69, 9.17) is 14.1 Å². The Morgan fingerprint density at radius 3 is 2.77 bits per heavy atom. The number of nitrogens with zero attached hydrogens (tertiary/aromatic N) is 3. The number of rotatable bonds is 6. The molecule has 4 aromatic rings. The summed E-state index contributed by atoms with van der Waals surface area (Å²) in [5.74, 6) is 2.32. The molecule has 0 bridgehead atoms. The molecular weight excluding hydrogens is 412 g/mol. The Labute approximate surface area is 183 Å². The van der Waals surface area contributed by atoms with Crippen LogP contribution in [-0.4, -0.2) is 47.7 Å². The van der Waals surface area contributed by atoms with Crippen LogP contribution < -0.4 is 15.2 Å².